The van der Waals surface area contributed by atoms with E-state index in [1.54, 1.807) is 7.11 Å². The molecule has 1 saturated heterocycles. The summed E-state index contributed by atoms with van der Waals surface area (Å²) in [5.74, 6) is 1.02. The Bertz CT molecular complexity index is 958. The molecule has 0 N–H and O–H groups in total. The molecule has 1 aromatic heterocycles. The molecule has 1 amide bonds. The van der Waals surface area contributed by atoms with Crippen molar-refractivity contribution in [2.24, 2.45) is 0 Å². The number of hydrogen-bond acceptors (Lipinski definition) is 5. The van der Waals surface area contributed by atoms with E-state index in [1.807, 2.05) is 41.6 Å². The summed E-state index contributed by atoms with van der Waals surface area (Å²) >= 11 is 6.14. The fourth-order valence-corrected chi connectivity index (χ4v) is 4.32. The van der Waals surface area contributed by atoms with Gasteiger partial charge in [-0.3, -0.25) is 14.4 Å². The first-order valence-electron chi connectivity index (χ1n) is 10.6. The minimum atomic E-state index is 0.184. The van der Waals surface area contributed by atoms with Gasteiger partial charge >= 0.3 is 0 Å². The molecule has 3 rings (SSSR count). The van der Waals surface area contributed by atoms with Crippen molar-refractivity contribution in [1.29, 1.82) is 5.26 Å². The van der Waals surface area contributed by atoms with Crippen molar-refractivity contribution in [3.05, 3.63) is 45.7 Å². The minimum absolute atomic E-state index is 0.184. The molecule has 1 fully saturated rings. The van der Waals surface area contributed by atoms with E-state index in [4.69, 9.17) is 21.6 Å². The lowest BCUT2D eigenvalue weighted by Gasteiger charge is -2.35. The third-order valence-electron chi connectivity index (χ3n) is 5.92. The number of nitrogens with zero attached hydrogens (tertiary/aromatic N) is 5. The van der Waals surface area contributed by atoms with Crippen LogP contribution in [0.2, 0.25) is 5.02 Å². The van der Waals surface area contributed by atoms with Crippen LogP contribution in [0.15, 0.2) is 18.2 Å². The molecule has 0 spiro atoms. The highest BCUT2D eigenvalue weighted by Gasteiger charge is 2.22. The van der Waals surface area contributed by atoms with Gasteiger partial charge in [-0.15, -0.1) is 0 Å². The monoisotopic (exact) mass is 443 g/mol. The van der Waals surface area contributed by atoms with Crippen molar-refractivity contribution in [2.45, 2.75) is 46.2 Å². The first-order chi connectivity index (χ1) is 14.9. The number of nitriles is 1. The number of methoxy groups -OCH3 is 1. The van der Waals surface area contributed by atoms with Crippen LogP contribution in [0.4, 0.5) is 0 Å². The zero-order valence-corrected chi connectivity index (χ0v) is 19.3. The molecule has 0 saturated carbocycles. The predicted molar refractivity (Wildman–Crippen MR) is 120 cm³/mol. The largest absolute Gasteiger partial charge is 0.496 e. The van der Waals surface area contributed by atoms with Gasteiger partial charge < -0.3 is 9.64 Å². The molecule has 1 aromatic carbocycles. The number of halogens is 1. The number of benzene rings is 1. The lowest BCUT2D eigenvalue weighted by molar-refractivity contribution is -0.133. The molecule has 2 heterocycles. The molecule has 0 atom stereocenters. The predicted octanol–water partition coefficient (Wildman–Crippen LogP) is 3.35. The molecule has 166 valence electrons. The lowest BCUT2D eigenvalue weighted by atomic mass is 10.1. The van der Waals surface area contributed by atoms with Crippen LogP contribution in [-0.4, -0.2) is 58.8 Å². The first-order valence-corrected chi connectivity index (χ1v) is 11.0. The number of hydrogen-bond donors (Lipinski definition) is 0. The number of carbonyl (C=O) groups excluding carboxylic acids is 1. The molecule has 31 heavy (non-hydrogen) atoms. The van der Waals surface area contributed by atoms with Crippen LogP contribution in [0.3, 0.4) is 0 Å². The molecule has 1 aliphatic heterocycles. The molecule has 1 aliphatic rings. The summed E-state index contributed by atoms with van der Waals surface area (Å²) in [7, 11) is 1.67. The normalized spacial score (nSPS) is 14.5. The third-order valence-corrected chi connectivity index (χ3v) is 6.15. The molecule has 0 aliphatic carbocycles. The van der Waals surface area contributed by atoms with Crippen molar-refractivity contribution in [2.75, 3.05) is 33.3 Å². The van der Waals surface area contributed by atoms with Gasteiger partial charge in [-0.25, -0.2) is 0 Å². The van der Waals surface area contributed by atoms with Crippen molar-refractivity contribution in [3.63, 3.8) is 0 Å². The van der Waals surface area contributed by atoms with E-state index in [0.29, 0.717) is 30.8 Å². The highest BCUT2D eigenvalue weighted by atomic mass is 35.5. The number of piperazine rings is 1. The van der Waals surface area contributed by atoms with E-state index >= 15 is 0 Å². The number of aromatic nitrogens is 2. The molecule has 8 heteroatoms. The van der Waals surface area contributed by atoms with Crippen molar-refractivity contribution >= 4 is 17.5 Å². The molecule has 0 unspecified atom stereocenters. The van der Waals surface area contributed by atoms with E-state index in [9.17, 15) is 4.79 Å². The Labute approximate surface area is 189 Å². The summed E-state index contributed by atoms with van der Waals surface area (Å²) in [5, 5.41) is 14.0. The van der Waals surface area contributed by atoms with Gasteiger partial charge in [0, 0.05) is 55.4 Å². The summed E-state index contributed by atoms with van der Waals surface area (Å²) in [6.07, 6.45) is 1.60. The molecule has 0 bridgehead atoms. The van der Waals surface area contributed by atoms with Crippen LogP contribution in [-0.2, 0) is 24.3 Å². The van der Waals surface area contributed by atoms with Crippen LogP contribution < -0.4 is 4.74 Å². The van der Waals surface area contributed by atoms with Gasteiger partial charge in [-0.05, 0) is 44.0 Å². The van der Waals surface area contributed by atoms with E-state index < -0.39 is 0 Å². The second kappa shape index (κ2) is 10.7. The summed E-state index contributed by atoms with van der Waals surface area (Å²) in [6.45, 7) is 8.43. The minimum Gasteiger partial charge on any atom is -0.496 e. The summed E-state index contributed by atoms with van der Waals surface area (Å²) in [5.41, 5.74) is 4.19. The number of amides is 1. The highest BCUT2D eigenvalue weighted by molar-refractivity contribution is 6.30. The van der Waals surface area contributed by atoms with Gasteiger partial charge in [0.05, 0.1) is 31.8 Å². The molecular formula is C23H30ClN5O2. The van der Waals surface area contributed by atoms with Gasteiger partial charge in [-0.1, -0.05) is 11.6 Å². The van der Waals surface area contributed by atoms with Crippen LogP contribution in [0.5, 0.6) is 5.75 Å². The Morgan fingerprint density at radius 3 is 2.68 bits per heavy atom. The average Bonchev–Trinajstić information content (AvgIpc) is 3.03. The summed E-state index contributed by atoms with van der Waals surface area (Å²) in [6, 6.07) is 7.82. The maximum absolute atomic E-state index is 12.8. The fourth-order valence-electron chi connectivity index (χ4n) is 4.13. The quantitative estimate of drug-likeness (QED) is 0.625. The average molecular weight is 444 g/mol. The molecule has 2 aromatic rings. The van der Waals surface area contributed by atoms with E-state index in [-0.39, 0.29) is 5.91 Å². The van der Waals surface area contributed by atoms with Crippen molar-refractivity contribution in [1.82, 2.24) is 19.6 Å². The van der Waals surface area contributed by atoms with E-state index in [2.05, 4.69) is 16.1 Å². The number of rotatable bonds is 8. The lowest BCUT2D eigenvalue weighted by Crippen LogP contribution is -2.48. The highest BCUT2D eigenvalue weighted by Crippen LogP contribution is 2.24. The van der Waals surface area contributed by atoms with Crippen LogP contribution in [0, 0.1) is 25.2 Å². The Balaban J connectivity index is 1.50. The standard InChI is InChI=1S/C23H30ClN5O2/c1-17-21(18(2)29(26-17)10-4-9-25)6-8-23(30)28-13-11-27(12-14-28)16-19-15-20(24)5-7-22(19)31-3/h5,7,15H,4,6,8,10-14,16H2,1-3H3. The zero-order valence-electron chi connectivity index (χ0n) is 18.5. The van der Waals surface area contributed by atoms with Gasteiger partial charge in [-0.2, -0.15) is 10.4 Å². The van der Waals surface area contributed by atoms with Gasteiger partial charge in [0.25, 0.3) is 0 Å². The SMILES string of the molecule is COc1ccc(Cl)cc1CN1CCN(C(=O)CCc2c(C)nn(CCC#N)c2C)CC1. The maximum atomic E-state index is 12.8. The van der Waals surface area contributed by atoms with Gasteiger partial charge in [0.15, 0.2) is 0 Å². The first kappa shape index (κ1) is 23.1. The fraction of sp³-hybridized carbons (Fsp3) is 0.522. The van der Waals surface area contributed by atoms with E-state index in [1.165, 1.54) is 0 Å². The van der Waals surface area contributed by atoms with Crippen LogP contribution in [0.25, 0.3) is 0 Å². The number of ether oxygens (including phenoxy) is 1. The third kappa shape index (κ3) is 5.78. The molecule has 7 nitrogen and oxygen atoms in total. The smallest absolute Gasteiger partial charge is 0.222 e. The topological polar surface area (TPSA) is 74.4 Å². The second-order valence-corrected chi connectivity index (χ2v) is 8.33. The van der Waals surface area contributed by atoms with Gasteiger partial charge in [0.1, 0.15) is 5.75 Å². The Hall–Kier alpha value is -2.56. The summed E-state index contributed by atoms with van der Waals surface area (Å²) in [4.78, 5) is 17.1. The number of aryl methyl sites for hydroxylation is 2. The van der Waals surface area contributed by atoms with Crippen molar-refractivity contribution in [3.8, 4) is 11.8 Å². The van der Waals surface area contributed by atoms with Crippen LogP contribution >= 0.6 is 11.6 Å². The Morgan fingerprint density at radius 2 is 2.00 bits per heavy atom. The van der Waals surface area contributed by atoms with E-state index in [0.717, 1.165) is 61.0 Å². The zero-order chi connectivity index (χ0) is 22.4. The Morgan fingerprint density at radius 1 is 1.26 bits per heavy atom. The van der Waals surface area contributed by atoms with Gasteiger partial charge in [0.2, 0.25) is 5.91 Å². The number of carbonyl (C=O) groups is 1. The van der Waals surface area contributed by atoms with Crippen LogP contribution in [0.1, 0.15) is 35.4 Å². The molecule has 0 radical (unpaired) electrons. The Kier molecular flexibility index (Phi) is 7.94. The molecular weight excluding hydrogens is 414 g/mol. The van der Waals surface area contributed by atoms with Crippen molar-refractivity contribution < 1.29 is 9.53 Å². The maximum Gasteiger partial charge on any atom is 0.222 e. The summed E-state index contributed by atoms with van der Waals surface area (Å²) < 4.78 is 7.32. The second-order valence-electron chi connectivity index (χ2n) is 7.89.